The number of benzene rings is 1. The van der Waals surface area contributed by atoms with Gasteiger partial charge in [-0.15, -0.1) is 0 Å². The molecule has 1 heterocycles. The Morgan fingerprint density at radius 3 is 2.44 bits per heavy atom. The zero-order valence-electron chi connectivity index (χ0n) is 11.0. The molecule has 3 heteroatoms. The van der Waals surface area contributed by atoms with Gasteiger partial charge in [-0.3, -0.25) is 0 Å². The Kier molecular flexibility index (Phi) is 5.17. The molecule has 3 nitrogen and oxygen atoms in total. The van der Waals surface area contributed by atoms with Crippen molar-refractivity contribution in [3.8, 4) is 0 Å². The van der Waals surface area contributed by atoms with Gasteiger partial charge >= 0.3 is 0 Å². The summed E-state index contributed by atoms with van der Waals surface area (Å²) in [6.45, 7) is 2.93. The van der Waals surface area contributed by atoms with E-state index in [9.17, 15) is 5.11 Å². The molecular weight excluding hydrogens is 224 g/mol. The third-order valence-electron chi connectivity index (χ3n) is 3.70. The second kappa shape index (κ2) is 6.88. The lowest BCUT2D eigenvalue weighted by atomic mass is 10.0. The van der Waals surface area contributed by atoms with Gasteiger partial charge in [0.25, 0.3) is 0 Å². The number of hydrogen-bond donors (Lipinski definition) is 2. The predicted octanol–water partition coefficient (Wildman–Crippen LogP) is 1.40. The highest BCUT2D eigenvalue weighted by molar-refractivity contribution is 5.16. The third-order valence-corrected chi connectivity index (χ3v) is 3.70. The van der Waals surface area contributed by atoms with Crippen molar-refractivity contribution in [3.05, 3.63) is 35.9 Å². The van der Waals surface area contributed by atoms with E-state index in [2.05, 4.69) is 17.0 Å². The second-order valence-corrected chi connectivity index (χ2v) is 5.28. The van der Waals surface area contributed by atoms with Crippen LogP contribution in [-0.2, 0) is 6.42 Å². The lowest BCUT2D eigenvalue weighted by Gasteiger charge is -2.30. The van der Waals surface area contributed by atoms with Crippen LogP contribution in [0.15, 0.2) is 30.3 Å². The Hall–Kier alpha value is -0.900. The van der Waals surface area contributed by atoms with Crippen LogP contribution in [0.25, 0.3) is 0 Å². The molecule has 1 fully saturated rings. The molecule has 0 spiro atoms. The maximum absolute atomic E-state index is 10.2. The molecule has 2 unspecified atom stereocenters. The minimum Gasteiger partial charge on any atom is -0.390 e. The Labute approximate surface area is 110 Å². The van der Waals surface area contributed by atoms with Gasteiger partial charge < -0.3 is 15.7 Å². The van der Waals surface area contributed by atoms with Gasteiger partial charge in [-0.25, -0.2) is 0 Å². The van der Waals surface area contributed by atoms with Gasteiger partial charge in [-0.05, 0) is 37.9 Å². The quantitative estimate of drug-likeness (QED) is 0.828. The molecule has 3 N–H and O–H groups in total. The largest absolute Gasteiger partial charge is 0.390 e. The van der Waals surface area contributed by atoms with Gasteiger partial charge in [0.15, 0.2) is 0 Å². The first kappa shape index (κ1) is 13.5. The average Bonchev–Trinajstić information content (AvgIpc) is 2.41. The number of aliphatic hydroxyl groups excluding tert-OH is 1. The predicted molar refractivity (Wildman–Crippen MR) is 74.4 cm³/mol. The fraction of sp³-hybridized carbons (Fsp3) is 0.600. The normalized spacial score (nSPS) is 20.6. The molecule has 2 rings (SSSR count). The summed E-state index contributed by atoms with van der Waals surface area (Å²) in [6, 6.07) is 9.98. The maximum atomic E-state index is 10.2. The third kappa shape index (κ3) is 4.09. The summed E-state index contributed by atoms with van der Waals surface area (Å²) in [4.78, 5) is 2.33. The van der Waals surface area contributed by atoms with Crippen molar-refractivity contribution in [2.75, 3.05) is 19.6 Å². The first-order valence-corrected chi connectivity index (χ1v) is 6.95. The van der Waals surface area contributed by atoms with E-state index < -0.39 is 6.10 Å². The molecule has 18 heavy (non-hydrogen) atoms. The van der Waals surface area contributed by atoms with E-state index in [0.717, 1.165) is 19.5 Å². The fourth-order valence-electron chi connectivity index (χ4n) is 2.56. The van der Waals surface area contributed by atoms with Crippen molar-refractivity contribution in [1.29, 1.82) is 0 Å². The number of β-amino-alcohol motifs (C(OH)–C–C–N with tert-alkyl or cyclic N) is 1. The topological polar surface area (TPSA) is 49.5 Å². The van der Waals surface area contributed by atoms with E-state index in [-0.39, 0.29) is 6.04 Å². The molecule has 1 aromatic rings. The average molecular weight is 248 g/mol. The Morgan fingerprint density at radius 1 is 1.11 bits per heavy atom. The number of nitrogens with zero attached hydrogens (tertiary/aromatic N) is 1. The molecule has 2 atom stereocenters. The minimum atomic E-state index is -0.427. The molecule has 0 aromatic heterocycles. The van der Waals surface area contributed by atoms with Crippen LogP contribution in [0.5, 0.6) is 0 Å². The molecule has 1 aliphatic rings. The van der Waals surface area contributed by atoms with Crippen LogP contribution in [0.4, 0.5) is 0 Å². The summed E-state index contributed by atoms with van der Waals surface area (Å²) in [6.07, 6.45) is 4.14. The van der Waals surface area contributed by atoms with Crippen LogP contribution in [0.3, 0.4) is 0 Å². The van der Waals surface area contributed by atoms with Crippen molar-refractivity contribution in [2.45, 2.75) is 37.8 Å². The molecule has 0 saturated carbocycles. The highest BCUT2D eigenvalue weighted by Gasteiger charge is 2.19. The number of likely N-dealkylation sites (tertiary alicyclic amines) is 1. The molecule has 1 saturated heterocycles. The summed E-state index contributed by atoms with van der Waals surface area (Å²) in [7, 11) is 0. The van der Waals surface area contributed by atoms with E-state index >= 15 is 0 Å². The molecule has 0 aliphatic carbocycles. The first-order valence-electron chi connectivity index (χ1n) is 6.95. The van der Waals surface area contributed by atoms with E-state index in [0.29, 0.717) is 6.54 Å². The summed E-state index contributed by atoms with van der Waals surface area (Å²) >= 11 is 0. The van der Waals surface area contributed by atoms with Crippen molar-refractivity contribution in [3.63, 3.8) is 0 Å². The molecule has 0 radical (unpaired) electrons. The van der Waals surface area contributed by atoms with Crippen molar-refractivity contribution in [2.24, 2.45) is 5.73 Å². The summed E-state index contributed by atoms with van der Waals surface area (Å²) in [5, 5.41) is 10.2. The van der Waals surface area contributed by atoms with Crippen LogP contribution in [0, 0.1) is 0 Å². The molecule has 0 amide bonds. The molecular formula is C15H24N2O. The molecule has 0 bridgehead atoms. The number of aliphatic hydroxyl groups is 1. The number of piperidine rings is 1. The van der Waals surface area contributed by atoms with Crippen LogP contribution in [-0.4, -0.2) is 41.8 Å². The van der Waals surface area contributed by atoms with Crippen molar-refractivity contribution >= 4 is 0 Å². The first-order chi connectivity index (χ1) is 8.75. The van der Waals surface area contributed by atoms with E-state index in [1.54, 1.807) is 0 Å². The van der Waals surface area contributed by atoms with Gasteiger partial charge in [0.1, 0.15) is 0 Å². The van der Waals surface area contributed by atoms with Crippen molar-refractivity contribution in [1.82, 2.24) is 4.90 Å². The maximum Gasteiger partial charge on any atom is 0.0820 e. The Bertz CT molecular complexity index is 336. The van der Waals surface area contributed by atoms with Gasteiger partial charge in [-0.1, -0.05) is 36.8 Å². The summed E-state index contributed by atoms with van der Waals surface area (Å²) in [5.74, 6) is 0. The SMILES string of the molecule is NC(Cc1ccccc1)C(O)CN1CCCCC1. The zero-order chi connectivity index (χ0) is 12.8. The van der Waals surface area contributed by atoms with Gasteiger partial charge in [0.05, 0.1) is 6.10 Å². The van der Waals surface area contributed by atoms with Gasteiger partial charge in [0.2, 0.25) is 0 Å². The highest BCUT2D eigenvalue weighted by atomic mass is 16.3. The van der Waals surface area contributed by atoms with Crippen LogP contribution in [0.1, 0.15) is 24.8 Å². The fourth-order valence-corrected chi connectivity index (χ4v) is 2.56. The molecule has 1 aliphatic heterocycles. The number of rotatable bonds is 5. The van der Waals surface area contributed by atoms with Crippen LogP contribution < -0.4 is 5.73 Å². The van der Waals surface area contributed by atoms with Gasteiger partial charge in [0, 0.05) is 12.6 Å². The number of nitrogens with two attached hydrogens (primary N) is 1. The second-order valence-electron chi connectivity index (χ2n) is 5.28. The van der Waals surface area contributed by atoms with E-state index in [4.69, 9.17) is 5.73 Å². The van der Waals surface area contributed by atoms with E-state index in [1.807, 2.05) is 18.2 Å². The Morgan fingerprint density at radius 2 is 1.78 bits per heavy atom. The van der Waals surface area contributed by atoms with Gasteiger partial charge in [-0.2, -0.15) is 0 Å². The lowest BCUT2D eigenvalue weighted by molar-refractivity contribution is 0.0818. The smallest absolute Gasteiger partial charge is 0.0820 e. The molecule has 1 aromatic carbocycles. The van der Waals surface area contributed by atoms with Crippen LogP contribution >= 0.6 is 0 Å². The summed E-state index contributed by atoms with van der Waals surface area (Å²) < 4.78 is 0. The van der Waals surface area contributed by atoms with Crippen LogP contribution in [0.2, 0.25) is 0 Å². The van der Waals surface area contributed by atoms with E-state index in [1.165, 1.54) is 24.8 Å². The lowest BCUT2D eigenvalue weighted by Crippen LogP contribution is -2.46. The monoisotopic (exact) mass is 248 g/mol. The minimum absolute atomic E-state index is 0.172. The highest BCUT2D eigenvalue weighted by Crippen LogP contribution is 2.11. The zero-order valence-corrected chi connectivity index (χ0v) is 11.0. The molecule has 100 valence electrons. The number of hydrogen-bond acceptors (Lipinski definition) is 3. The Balaban J connectivity index is 1.79. The summed E-state index contributed by atoms with van der Waals surface area (Å²) in [5.41, 5.74) is 7.29. The van der Waals surface area contributed by atoms with Crippen molar-refractivity contribution < 1.29 is 5.11 Å². The standard InChI is InChI=1S/C15H24N2O/c16-14(11-13-7-3-1-4-8-13)15(18)12-17-9-5-2-6-10-17/h1,3-4,7-8,14-15,18H,2,5-6,9-12,16H2.